The maximum atomic E-state index is 12.5. The van der Waals surface area contributed by atoms with Gasteiger partial charge < -0.3 is 11.1 Å². The largest absolute Gasteiger partial charge is 0.353 e. The number of hydrogen-bond acceptors (Lipinski definition) is 3. The lowest BCUT2D eigenvalue weighted by molar-refractivity contribution is -0.128. The second-order valence-electron chi connectivity index (χ2n) is 7.83. The molecular formula is C17H33N3O. The molecule has 0 aromatic carbocycles. The predicted octanol–water partition coefficient (Wildman–Crippen LogP) is 2.13. The number of amides is 1. The van der Waals surface area contributed by atoms with Gasteiger partial charge in [0.2, 0.25) is 5.91 Å². The fraction of sp³-hybridized carbons (Fsp3) is 0.941. The summed E-state index contributed by atoms with van der Waals surface area (Å²) in [6, 6.07) is 0.358. The molecule has 122 valence electrons. The Morgan fingerprint density at radius 1 is 1.14 bits per heavy atom. The summed E-state index contributed by atoms with van der Waals surface area (Å²) in [7, 11) is 0. The summed E-state index contributed by atoms with van der Waals surface area (Å²) in [5, 5.41) is 3.30. The van der Waals surface area contributed by atoms with Crippen LogP contribution in [0.1, 0.15) is 59.3 Å². The van der Waals surface area contributed by atoms with E-state index in [2.05, 4.69) is 31.0 Å². The SMILES string of the molecule is CC(C)(C)N1CCC(NC(=O)C2CCCCC2CN)CC1. The first kappa shape index (κ1) is 16.8. The Bertz CT molecular complexity index is 342. The van der Waals surface area contributed by atoms with Crippen LogP contribution in [0.4, 0.5) is 0 Å². The highest BCUT2D eigenvalue weighted by Crippen LogP contribution is 2.30. The van der Waals surface area contributed by atoms with Gasteiger partial charge in [0, 0.05) is 30.6 Å². The van der Waals surface area contributed by atoms with Crippen molar-refractivity contribution in [1.82, 2.24) is 10.2 Å². The van der Waals surface area contributed by atoms with E-state index in [0.717, 1.165) is 38.8 Å². The monoisotopic (exact) mass is 295 g/mol. The van der Waals surface area contributed by atoms with Crippen LogP contribution in [0.5, 0.6) is 0 Å². The number of nitrogens with one attached hydrogen (secondary N) is 1. The zero-order valence-electron chi connectivity index (χ0n) is 14.0. The third kappa shape index (κ3) is 4.43. The summed E-state index contributed by atoms with van der Waals surface area (Å²) < 4.78 is 0. The molecule has 0 spiro atoms. The van der Waals surface area contributed by atoms with E-state index in [1.54, 1.807) is 0 Å². The van der Waals surface area contributed by atoms with Crippen LogP contribution < -0.4 is 11.1 Å². The first-order valence-corrected chi connectivity index (χ1v) is 8.67. The van der Waals surface area contributed by atoms with E-state index in [1.165, 1.54) is 12.8 Å². The minimum Gasteiger partial charge on any atom is -0.353 e. The predicted molar refractivity (Wildman–Crippen MR) is 87.0 cm³/mol. The van der Waals surface area contributed by atoms with E-state index < -0.39 is 0 Å². The molecule has 1 heterocycles. The molecule has 4 nitrogen and oxygen atoms in total. The zero-order chi connectivity index (χ0) is 15.5. The molecule has 2 fully saturated rings. The number of nitrogens with two attached hydrogens (primary N) is 1. The lowest BCUT2D eigenvalue weighted by Crippen LogP contribution is -2.52. The highest BCUT2D eigenvalue weighted by atomic mass is 16.2. The Morgan fingerprint density at radius 2 is 1.76 bits per heavy atom. The lowest BCUT2D eigenvalue weighted by Gasteiger charge is -2.41. The second-order valence-corrected chi connectivity index (χ2v) is 7.83. The molecule has 0 bridgehead atoms. The lowest BCUT2D eigenvalue weighted by atomic mass is 9.78. The summed E-state index contributed by atoms with van der Waals surface area (Å²) in [5.41, 5.74) is 6.08. The van der Waals surface area contributed by atoms with Crippen LogP contribution in [0, 0.1) is 11.8 Å². The van der Waals surface area contributed by atoms with Gasteiger partial charge in [-0.3, -0.25) is 9.69 Å². The Balaban J connectivity index is 1.81. The van der Waals surface area contributed by atoms with Crippen molar-refractivity contribution < 1.29 is 4.79 Å². The van der Waals surface area contributed by atoms with Crippen molar-refractivity contribution in [3.63, 3.8) is 0 Å². The summed E-state index contributed by atoms with van der Waals surface area (Å²) >= 11 is 0. The number of hydrogen-bond donors (Lipinski definition) is 2. The highest BCUT2D eigenvalue weighted by molar-refractivity contribution is 5.79. The Labute approximate surface area is 129 Å². The van der Waals surface area contributed by atoms with Gasteiger partial charge in [-0.05, 0) is 58.9 Å². The van der Waals surface area contributed by atoms with Crippen LogP contribution in [0.25, 0.3) is 0 Å². The number of likely N-dealkylation sites (tertiary alicyclic amines) is 1. The van der Waals surface area contributed by atoms with E-state index in [0.29, 0.717) is 18.5 Å². The summed E-state index contributed by atoms with van der Waals surface area (Å²) in [6.07, 6.45) is 6.70. The van der Waals surface area contributed by atoms with Gasteiger partial charge in [-0.25, -0.2) is 0 Å². The highest BCUT2D eigenvalue weighted by Gasteiger charge is 2.32. The van der Waals surface area contributed by atoms with Crippen molar-refractivity contribution in [3.05, 3.63) is 0 Å². The van der Waals surface area contributed by atoms with E-state index >= 15 is 0 Å². The normalized spacial score (nSPS) is 29.3. The fourth-order valence-corrected chi connectivity index (χ4v) is 3.84. The van der Waals surface area contributed by atoms with Crippen LogP contribution in [0.3, 0.4) is 0 Å². The molecule has 1 aliphatic carbocycles. The third-order valence-electron chi connectivity index (χ3n) is 5.34. The molecule has 1 saturated carbocycles. The van der Waals surface area contributed by atoms with Crippen LogP contribution in [0.2, 0.25) is 0 Å². The summed E-state index contributed by atoms with van der Waals surface area (Å²) in [5.74, 6) is 0.817. The average Bonchev–Trinajstić information content (AvgIpc) is 2.46. The van der Waals surface area contributed by atoms with Gasteiger partial charge in [-0.1, -0.05) is 12.8 Å². The van der Waals surface area contributed by atoms with Crippen LogP contribution in [0.15, 0.2) is 0 Å². The van der Waals surface area contributed by atoms with E-state index in [1.807, 2.05) is 0 Å². The fourth-order valence-electron chi connectivity index (χ4n) is 3.84. The van der Waals surface area contributed by atoms with Crippen molar-refractivity contribution in [3.8, 4) is 0 Å². The van der Waals surface area contributed by atoms with Crippen LogP contribution in [-0.4, -0.2) is 42.0 Å². The van der Waals surface area contributed by atoms with Crippen molar-refractivity contribution in [2.75, 3.05) is 19.6 Å². The number of nitrogens with zero attached hydrogens (tertiary/aromatic N) is 1. The molecule has 4 heteroatoms. The Hall–Kier alpha value is -0.610. The molecule has 1 saturated heterocycles. The number of rotatable bonds is 3. The Kier molecular flexibility index (Phi) is 5.67. The second kappa shape index (κ2) is 7.10. The molecule has 21 heavy (non-hydrogen) atoms. The van der Waals surface area contributed by atoms with Crippen molar-refractivity contribution in [1.29, 1.82) is 0 Å². The third-order valence-corrected chi connectivity index (χ3v) is 5.34. The van der Waals surface area contributed by atoms with Gasteiger partial charge >= 0.3 is 0 Å². The quantitative estimate of drug-likeness (QED) is 0.838. The van der Waals surface area contributed by atoms with Crippen molar-refractivity contribution in [2.24, 2.45) is 17.6 Å². The number of piperidine rings is 1. The topological polar surface area (TPSA) is 58.4 Å². The maximum Gasteiger partial charge on any atom is 0.223 e. The molecule has 2 unspecified atom stereocenters. The van der Waals surface area contributed by atoms with E-state index in [-0.39, 0.29) is 17.4 Å². The van der Waals surface area contributed by atoms with Gasteiger partial charge in [0.05, 0.1) is 0 Å². The molecule has 3 N–H and O–H groups in total. The van der Waals surface area contributed by atoms with E-state index in [4.69, 9.17) is 5.73 Å². The zero-order valence-corrected chi connectivity index (χ0v) is 14.0. The van der Waals surface area contributed by atoms with Gasteiger partial charge in [-0.2, -0.15) is 0 Å². The molecular weight excluding hydrogens is 262 g/mol. The number of carbonyl (C=O) groups is 1. The van der Waals surface area contributed by atoms with Crippen molar-refractivity contribution >= 4 is 5.91 Å². The smallest absolute Gasteiger partial charge is 0.223 e. The maximum absolute atomic E-state index is 12.5. The average molecular weight is 295 g/mol. The first-order valence-electron chi connectivity index (χ1n) is 8.67. The van der Waals surface area contributed by atoms with Gasteiger partial charge in [-0.15, -0.1) is 0 Å². The van der Waals surface area contributed by atoms with Crippen LogP contribution in [-0.2, 0) is 4.79 Å². The molecule has 1 aliphatic heterocycles. The van der Waals surface area contributed by atoms with Crippen molar-refractivity contribution in [2.45, 2.75) is 70.9 Å². The molecule has 2 rings (SSSR count). The minimum atomic E-state index is 0.157. The van der Waals surface area contributed by atoms with Crippen LogP contribution >= 0.6 is 0 Å². The summed E-state index contributed by atoms with van der Waals surface area (Å²) in [6.45, 7) is 9.61. The molecule has 0 radical (unpaired) electrons. The van der Waals surface area contributed by atoms with Gasteiger partial charge in [0.1, 0.15) is 0 Å². The molecule has 2 aliphatic rings. The molecule has 0 aromatic heterocycles. The van der Waals surface area contributed by atoms with Gasteiger partial charge in [0.25, 0.3) is 0 Å². The summed E-state index contributed by atoms with van der Waals surface area (Å²) in [4.78, 5) is 15.0. The van der Waals surface area contributed by atoms with E-state index in [9.17, 15) is 4.79 Å². The molecule has 1 amide bonds. The minimum absolute atomic E-state index is 0.157. The Morgan fingerprint density at radius 3 is 2.33 bits per heavy atom. The molecule has 2 atom stereocenters. The number of carbonyl (C=O) groups excluding carboxylic acids is 1. The standard InChI is InChI=1S/C17H33N3O/c1-17(2,3)20-10-8-14(9-11-20)19-16(21)15-7-5-4-6-13(15)12-18/h13-15H,4-12,18H2,1-3H3,(H,19,21). The first-order chi connectivity index (χ1) is 9.91. The van der Waals surface area contributed by atoms with Gasteiger partial charge in [0.15, 0.2) is 0 Å². The molecule has 0 aromatic rings.